The fourth-order valence-corrected chi connectivity index (χ4v) is 6.92. The molecule has 0 saturated carbocycles. The zero-order chi connectivity index (χ0) is 38.3. The number of hydrogen-bond acceptors (Lipinski definition) is 6. The summed E-state index contributed by atoms with van der Waals surface area (Å²) in [6, 6.07) is 0. The monoisotopic (exact) mass is 737 g/mol. The van der Waals surface area contributed by atoms with E-state index in [4.69, 9.17) is 9.47 Å². The molecular weight excluding hydrogens is 649 g/mol. The van der Waals surface area contributed by atoms with Crippen LogP contribution in [-0.2, 0) is 23.9 Å². The summed E-state index contributed by atoms with van der Waals surface area (Å²) in [5, 5.41) is 0. The molecule has 0 aromatic carbocycles. The highest BCUT2D eigenvalue weighted by atomic mass is 16.5. The number of rotatable bonds is 40. The lowest BCUT2D eigenvalue weighted by molar-refractivity contribution is -0.150. The van der Waals surface area contributed by atoms with Crippen LogP contribution in [0.25, 0.3) is 0 Å². The largest absolute Gasteiger partial charge is 0.464 e. The van der Waals surface area contributed by atoms with E-state index in [0.29, 0.717) is 32.5 Å². The molecule has 7 heteroatoms. The Morgan fingerprint density at radius 3 is 1.29 bits per heavy atom. The zero-order valence-electron chi connectivity index (χ0n) is 35.5. The second-order valence-corrected chi connectivity index (χ2v) is 15.9. The molecule has 0 atom stereocenters. The molecule has 0 aliphatic carbocycles. The lowest BCUT2D eigenvalue weighted by atomic mass is 10.0. The molecule has 0 rings (SSSR count). The van der Waals surface area contributed by atoms with Crippen LogP contribution >= 0.6 is 0 Å². The molecule has 0 aliphatic heterocycles. The topological polar surface area (TPSA) is 76.1 Å². The van der Waals surface area contributed by atoms with E-state index in [0.717, 1.165) is 70.6 Å². The summed E-state index contributed by atoms with van der Waals surface area (Å²) in [5.41, 5.74) is 0. The number of unbranched alkanes of at least 4 members (excludes halogenated alkanes) is 24. The van der Waals surface area contributed by atoms with Crippen LogP contribution in [0, 0.1) is 0 Å². The fraction of sp³-hybridized carbons (Fsp3) is 0.933. The summed E-state index contributed by atoms with van der Waals surface area (Å²) >= 11 is 0. The maximum atomic E-state index is 12.9. The molecule has 1 amide bonds. The first-order valence-corrected chi connectivity index (χ1v) is 22.6. The Bertz CT molecular complexity index is 789. The average Bonchev–Trinajstić information content (AvgIpc) is 3.11. The second-order valence-electron chi connectivity index (χ2n) is 15.9. The Balaban J connectivity index is 4.28. The van der Waals surface area contributed by atoms with Gasteiger partial charge in [0.25, 0.3) is 0 Å². The van der Waals surface area contributed by atoms with Crippen LogP contribution < -0.4 is 0 Å². The van der Waals surface area contributed by atoms with Gasteiger partial charge in [-0.05, 0) is 59.0 Å². The molecule has 0 spiro atoms. The summed E-state index contributed by atoms with van der Waals surface area (Å²) in [5.74, 6) is -0.100. The van der Waals surface area contributed by atoms with Crippen LogP contribution in [0.3, 0.4) is 0 Å². The maximum absolute atomic E-state index is 12.9. The van der Waals surface area contributed by atoms with Crippen molar-refractivity contribution in [3.63, 3.8) is 0 Å². The molecule has 0 unspecified atom stereocenters. The Morgan fingerprint density at radius 1 is 0.462 bits per heavy atom. The zero-order valence-corrected chi connectivity index (χ0v) is 35.5. The number of likely N-dealkylation sites (N-methyl/N-ethyl adjacent to an activating group) is 1. The predicted molar refractivity (Wildman–Crippen MR) is 221 cm³/mol. The first-order valence-electron chi connectivity index (χ1n) is 22.6. The van der Waals surface area contributed by atoms with Gasteiger partial charge in [0.15, 0.2) is 0 Å². The lowest BCUT2D eigenvalue weighted by Crippen LogP contribution is -2.40. The van der Waals surface area contributed by atoms with Gasteiger partial charge in [0.2, 0.25) is 5.91 Å². The lowest BCUT2D eigenvalue weighted by Gasteiger charge is -2.24. The van der Waals surface area contributed by atoms with Crippen molar-refractivity contribution in [2.24, 2.45) is 0 Å². The van der Waals surface area contributed by atoms with Crippen LogP contribution in [0.2, 0.25) is 0 Å². The SMILES string of the molecule is CCCCCCCCCCCCCC(=O)OCCN(CCCCCCCC(=O)OC(CCCCCCCC)CCCCCCCC)C(=O)CN(C)C. The molecule has 0 bridgehead atoms. The van der Waals surface area contributed by atoms with E-state index in [1.165, 1.54) is 122 Å². The molecule has 52 heavy (non-hydrogen) atoms. The van der Waals surface area contributed by atoms with E-state index in [-0.39, 0.29) is 30.6 Å². The molecule has 0 fully saturated rings. The summed E-state index contributed by atoms with van der Waals surface area (Å²) in [6.07, 6.45) is 36.9. The van der Waals surface area contributed by atoms with Gasteiger partial charge in [-0.2, -0.15) is 0 Å². The molecule has 0 aliphatic rings. The highest BCUT2D eigenvalue weighted by Gasteiger charge is 2.16. The first kappa shape index (κ1) is 50.4. The smallest absolute Gasteiger partial charge is 0.306 e. The van der Waals surface area contributed by atoms with Gasteiger partial charge in [-0.1, -0.05) is 168 Å². The number of ether oxygens (including phenoxy) is 2. The van der Waals surface area contributed by atoms with E-state index < -0.39 is 0 Å². The third kappa shape index (κ3) is 35.4. The number of carbonyl (C=O) groups is 3. The van der Waals surface area contributed by atoms with Crippen molar-refractivity contribution in [1.29, 1.82) is 0 Å². The Kier molecular flexibility index (Phi) is 37.8. The number of hydrogen-bond donors (Lipinski definition) is 0. The van der Waals surface area contributed by atoms with E-state index in [2.05, 4.69) is 20.8 Å². The molecule has 0 N–H and O–H groups in total. The van der Waals surface area contributed by atoms with Crippen molar-refractivity contribution in [1.82, 2.24) is 9.80 Å². The Morgan fingerprint density at radius 2 is 0.846 bits per heavy atom. The van der Waals surface area contributed by atoms with Crippen LogP contribution in [0.15, 0.2) is 0 Å². The van der Waals surface area contributed by atoms with Gasteiger partial charge in [0.05, 0.1) is 13.1 Å². The third-order valence-electron chi connectivity index (χ3n) is 10.3. The quantitative estimate of drug-likeness (QED) is 0.0460. The highest BCUT2D eigenvalue weighted by Crippen LogP contribution is 2.18. The summed E-state index contributed by atoms with van der Waals surface area (Å²) in [4.78, 5) is 41.7. The Labute approximate surface area is 323 Å². The normalized spacial score (nSPS) is 11.4. The van der Waals surface area contributed by atoms with Gasteiger partial charge < -0.3 is 19.3 Å². The van der Waals surface area contributed by atoms with Gasteiger partial charge >= 0.3 is 11.9 Å². The average molecular weight is 737 g/mol. The molecule has 0 aromatic heterocycles. The van der Waals surface area contributed by atoms with Crippen LogP contribution in [-0.4, -0.2) is 74.1 Å². The van der Waals surface area contributed by atoms with E-state index in [1.54, 1.807) is 0 Å². The van der Waals surface area contributed by atoms with Crippen molar-refractivity contribution in [2.75, 3.05) is 40.3 Å². The summed E-state index contributed by atoms with van der Waals surface area (Å²) in [7, 11) is 3.81. The highest BCUT2D eigenvalue weighted by molar-refractivity contribution is 5.78. The van der Waals surface area contributed by atoms with E-state index in [1.807, 2.05) is 23.9 Å². The number of amides is 1. The van der Waals surface area contributed by atoms with Gasteiger partial charge in [0.1, 0.15) is 12.7 Å². The standard InChI is InChI=1S/C45H88N2O5/c1-6-9-12-15-18-19-20-21-22-26-31-36-44(49)51-40-39-47(43(48)41-46(4)5)38-33-28-23-27-32-37-45(50)52-42(34-29-24-16-13-10-7-2)35-30-25-17-14-11-8-3/h42H,6-41H2,1-5H3. The molecule has 0 aromatic rings. The van der Waals surface area contributed by atoms with Crippen molar-refractivity contribution in [2.45, 2.75) is 232 Å². The minimum absolute atomic E-state index is 0.0273. The minimum Gasteiger partial charge on any atom is -0.464 e. The predicted octanol–water partition coefficient (Wildman–Crippen LogP) is 12.4. The number of carbonyl (C=O) groups excluding carboxylic acids is 3. The van der Waals surface area contributed by atoms with Crippen LogP contribution in [0.4, 0.5) is 0 Å². The van der Waals surface area contributed by atoms with Crippen molar-refractivity contribution >= 4 is 17.8 Å². The van der Waals surface area contributed by atoms with Gasteiger partial charge in [-0.25, -0.2) is 0 Å². The van der Waals surface area contributed by atoms with E-state index >= 15 is 0 Å². The number of esters is 2. The summed E-state index contributed by atoms with van der Waals surface area (Å²) in [6.45, 7) is 8.49. The van der Waals surface area contributed by atoms with Crippen molar-refractivity contribution < 1.29 is 23.9 Å². The van der Waals surface area contributed by atoms with E-state index in [9.17, 15) is 14.4 Å². The molecular formula is C45H88N2O5. The molecule has 308 valence electrons. The van der Waals surface area contributed by atoms with Crippen molar-refractivity contribution in [3.8, 4) is 0 Å². The van der Waals surface area contributed by atoms with Crippen LogP contribution in [0.1, 0.15) is 226 Å². The molecule has 0 saturated heterocycles. The fourth-order valence-electron chi connectivity index (χ4n) is 6.92. The minimum atomic E-state index is -0.148. The molecule has 0 radical (unpaired) electrons. The second kappa shape index (κ2) is 39.1. The third-order valence-corrected chi connectivity index (χ3v) is 10.3. The van der Waals surface area contributed by atoms with Gasteiger partial charge in [-0.3, -0.25) is 14.4 Å². The van der Waals surface area contributed by atoms with Gasteiger partial charge in [0, 0.05) is 19.4 Å². The summed E-state index contributed by atoms with van der Waals surface area (Å²) < 4.78 is 11.5. The molecule has 7 nitrogen and oxygen atoms in total. The van der Waals surface area contributed by atoms with Crippen molar-refractivity contribution in [3.05, 3.63) is 0 Å². The first-order chi connectivity index (χ1) is 25.3. The maximum Gasteiger partial charge on any atom is 0.306 e. The number of nitrogens with zero attached hydrogens (tertiary/aromatic N) is 2. The van der Waals surface area contributed by atoms with Crippen LogP contribution in [0.5, 0.6) is 0 Å². The molecule has 0 heterocycles. The van der Waals surface area contributed by atoms with Gasteiger partial charge in [-0.15, -0.1) is 0 Å². The Hall–Kier alpha value is -1.63.